The van der Waals surface area contributed by atoms with Crippen LogP contribution in [0.4, 0.5) is 5.82 Å². The van der Waals surface area contributed by atoms with E-state index in [0.29, 0.717) is 5.78 Å². The second kappa shape index (κ2) is 6.21. The first-order valence-electron chi connectivity index (χ1n) is 9.65. The number of hydrogen-bond acceptors (Lipinski definition) is 6. The van der Waals surface area contributed by atoms with Gasteiger partial charge >= 0.3 is 0 Å². The number of piperazine rings is 1. The van der Waals surface area contributed by atoms with Crippen molar-refractivity contribution in [3.05, 3.63) is 18.1 Å². The molecule has 134 valence electrons. The number of anilines is 1. The smallest absolute Gasteiger partial charge is 0.254 e. The predicted octanol–water partition coefficient (Wildman–Crippen LogP) is 1.04. The molecule has 25 heavy (non-hydrogen) atoms. The van der Waals surface area contributed by atoms with Crippen molar-refractivity contribution < 1.29 is 0 Å². The van der Waals surface area contributed by atoms with Gasteiger partial charge in [-0.15, -0.1) is 0 Å². The Labute approximate surface area is 148 Å². The van der Waals surface area contributed by atoms with Crippen molar-refractivity contribution in [1.29, 1.82) is 0 Å². The van der Waals surface area contributed by atoms with Crippen LogP contribution in [0.3, 0.4) is 0 Å². The Kier molecular flexibility index (Phi) is 3.86. The van der Waals surface area contributed by atoms with Gasteiger partial charge in [-0.1, -0.05) is 0 Å². The van der Waals surface area contributed by atoms with Crippen molar-refractivity contribution in [2.24, 2.45) is 5.92 Å². The molecule has 2 aromatic heterocycles. The molecule has 3 aliphatic rings. The molecule has 1 saturated carbocycles. The largest absolute Gasteiger partial charge is 0.354 e. The van der Waals surface area contributed by atoms with Gasteiger partial charge in [0.1, 0.15) is 12.1 Å². The minimum atomic E-state index is 0.696. The first kappa shape index (κ1) is 15.5. The molecule has 1 aliphatic carbocycles. The zero-order chi connectivity index (χ0) is 16.8. The van der Waals surface area contributed by atoms with Crippen LogP contribution in [0.5, 0.6) is 0 Å². The topological polar surface area (TPSA) is 52.8 Å². The van der Waals surface area contributed by atoms with E-state index in [1.54, 1.807) is 6.33 Å². The lowest BCUT2D eigenvalue weighted by Crippen LogP contribution is -2.49. The maximum Gasteiger partial charge on any atom is 0.254 e. The van der Waals surface area contributed by atoms with E-state index in [1.165, 1.54) is 38.9 Å². The highest BCUT2D eigenvalue weighted by molar-refractivity contribution is 5.47. The molecular weight excluding hydrogens is 314 g/mol. The molecule has 2 bridgehead atoms. The van der Waals surface area contributed by atoms with Crippen LogP contribution in [0.1, 0.15) is 25.0 Å². The second-order valence-corrected chi connectivity index (χ2v) is 7.88. The summed E-state index contributed by atoms with van der Waals surface area (Å²) >= 11 is 0. The van der Waals surface area contributed by atoms with Gasteiger partial charge in [0.05, 0.1) is 0 Å². The van der Waals surface area contributed by atoms with E-state index >= 15 is 0 Å². The molecule has 0 spiro atoms. The Morgan fingerprint density at radius 2 is 2.00 bits per heavy atom. The summed E-state index contributed by atoms with van der Waals surface area (Å²) in [4.78, 5) is 16.5. The van der Waals surface area contributed by atoms with E-state index in [0.717, 1.165) is 49.7 Å². The highest BCUT2D eigenvalue weighted by Gasteiger charge is 2.37. The van der Waals surface area contributed by atoms with Gasteiger partial charge < -0.3 is 4.90 Å². The Bertz CT molecular complexity index is 749. The van der Waals surface area contributed by atoms with Crippen LogP contribution in [0, 0.1) is 12.8 Å². The van der Waals surface area contributed by atoms with Crippen molar-refractivity contribution in [3.8, 4) is 0 Å². The number of aryl methyl sites for hydroxylation is 1. The van der Waals surface area contributed by atoms with Crippen molar-refractivity contribution in [2.45, 2.75) is 32.2 Å². The van der Waals surface area contributed by atoms with E-state index in [1.807, 2.05) is 11.4 Å². The minimum Gasteiger partial charge on any atom is -0.354 e. The number of hydrogen-bond donors (Lipinski definition) is 0. The standard InChI is InChI=1S/C18H27N7/c1-14-10-17(25-18(21-14)19-13-20-25)23-7-4-22(5-8-23)6-9-24-12-15-2-3-16(24)11-15/h10,13,15-16H,2-9,11-12H2,1H3/t15-,16+/m0/s1. The van der Waals surface area contributed by atoms with Gasteiger partial charge in [-0.2, -0.15) is 14.6 Å². The number of fused-ring (bicyclic) bond motifs is 3. The third-order valence-electron chi connectivity index (χ3n) is 6.28. The van der Waals surface area contributed by atoms with Crippen molar-refractivity contribution >= 4 is 11.6 Å². The van der Waals surface area contributed by atoms with Gasteiger partial charge in [-0.05, 0) is 32.1 Å². The van der Waals surface area contributed by atoms with Gasteiger partial charge in [-0.3, -0.25) is 9.80 Å². The number of piperidine rings is 1. The van der Waals surface area contributed by atoms with Gasteiger partial charge in [0.2, 0.25) is 0 Å². The lowest BCUT2D eigenvalue weighted by molar-refractivity contribution is 0.167. The molecule has 3 fully saturated rings. The van der Waals surface area contributed by atoms with Gasteiger partial charge in [0.25, 0.3) is 5.78 Å². The van der Waals surface area contributed by atoms with Crippen molar-refractivity contribution in [3.63, 3.8) is 0 Å². The monoisotopic (exact) mass is 341 g/mol. The highest BCUT2D eigenvalue weighted by atomic mass is 15.4. The Hall–Kier alpha value is -1.73. The molecule has 5 rings (SSSR count). The van der Waals surface area contributed by atoms with E-state index < -0.39 is 0 Å². The number of nitrogens with zero attached hydrogens (tertiary/aromatic N) is 7. The summed E-state index contributed by atoms with van der Waals surface area (Å²) in [5.41, 5.74) is 1.00. The molecule has 7 heteroatoms. The summed E-state index contributed by atoms with van der Waals surface area (Å²) in [7, 11) is 0. The molecule has 2 atom stereocenters. The summed E-state index contributed by atoms with van der Waals surface area (Å²) < 4.78 is 1.86. The van der Waals surface area contributed by atoms with Crippen LogP contribution < -0.4 is 4.90 Å². The molecule has 7 nitrogen and oxygen atoms in total. The van der Waals surface area contributed by atoms with Crippen LogP contribution in [0.15, 0.2) is 12.4 Å². The number of aromatic nitrogens is 4. The van der Waals surface area contributed by atoms with E-state index in [4.69, 9.17) is 0 Å². The third kappa shape index (κ3) is 2.89. The van der Waals surface area contributed by atoms with E-state index in [-0.39, 0.29) is 0 Å². The fourth-order valence-corrected chi connectivity index (χ4v) is 4.91. The molecule has 0 radical (unpaired) electrons. The first-order chi connectivity index (χ1) is 12.3. The summed E-state index contributed by atoms with van der Waals surface area (Å²) in [6, 6.07) is 3.02. The average Bonchev–Trinajstić information content (AvgIpc) is 3.36. The SMILES string of the molecule is Cc1cc(N2CCN(CCN3C[C@H]4CC[C@@H]3C4)CC2)n2ncnc2n1. The predicted molar refractivity (Wildman–Crippen MR) is 96.9 cm³/mol. The van der Waals surface area contributed by atoms with Gasteiger partial charge in [0.15, 0.2) is 0 Å². The summed E-state index contributed by atoms with van der Waals surface area (Å²) in [6.45, 7) is 10.2. The minimum absolute atomic E-state index is 0.696. The molecule has 4 heterocycles. The van der Waals surface area contributed by atoms with Crippen LogP contribution >= 0.6 is 0 Å². The molecule has 0 amide bonds. The quantitative estimate of drug-likeness (QED) is 0.828. The van der Waals surface area contributed by atoms with E-state index in [9.17, 15) is 0 Å². The third-order valence-corrected chi connectivity index (χ3v) is 6.28. The summed E-state index contributed by atoms with van der Waals surface area (Å²) in [6.07, 6.45) is 5.96. The lowest BCUT2D eigenvalue weighted by Gasteiger charge is -2.37. The van der Waals surface area contributed by atoms with E-state index in [2.05, 4.69) is 35.8 Å². The first-order valence-corrected chi connectivity index (χ1v) is 9.65. The molecule has 0 N–H and O–H groups in total. The molecule has 2 saturated heterocycles. The number of rotatable bonds is 4. The highest BCUT2D eigenvalue weighted by Crippen LogP contribution is 2.36. The van der Waals surface area contributed by atoms with Crippen molar-refractivity contribution in [1.82, 2.24) is 29.4 Å². The molecule has 2 aliphatic heterocycles. The summed E-state index contributed by atoms with van der Waals surface area (Å²) in [5, 5.41) is 4.35. The average molecular weight is 341 g/mol. The second-order valence-electron chi connectivity index (χ2n) is 7.88. The van der Waals surface area contributed by atoms with Gasteiger partial charge in [-0.25, -0.2) is 4.98 Å². The molecule has 2 aromatic rings. The van der Waals surface area contributed by atoms with Crippen LogP contribution in [0.2, 0.25) is 0 Å². The zero-order valence-corrected chi connectivity index (χ0v) is 15.0. The van der Waals surface area contributed by atoms with Crippen molar-refractivity contribution in [2.75, 3.05) is 50.7 Å². The Morgan fingerprint density at radius 3 is 2.76 bits per heavy atom. The normalized spacial score (nSPS) is 27.6. The summed E-state index contributed by atoms with van der Waals surface area (Å²) in [5.74, 6) is 2.82. The van der Waals surface area contributed by atoms with Crippen LogP contribution in [0.25, 0.3) is 5.78 Å². The number of likely N-dealkylation sites (tertiary alicyclic amines) is 1. The Morgan fingerprint density at radius 1 is 1.12 bits per heavy atom. The maximum absolute atomic E-state index is 4.45. The maximum atomic E-state index is 4.45. The Balaban J connectivity index is 1.19. The fraction of sp³-hybridized carbons (Fsp3) is 0.722. The zero-order valence-electron chi connectivity index (χ0n) is 15.0. The van der Waals surface area contributed by atoms with Crippen LogP contribution in [-0.2, 0) is 0 Å². The molecular formula is C18H27N7. The van der Waals surface area contributed by atoms with Crippen LogP contribution in [-0.4, -0.2) is 81.2 Å². The fourth-order valence-electron chi connectivity index (χ4n) is 4.91. The van der Waals surface area contributed by atoms with Gasteiger partial charge in [0, 0.05) is 63.6 Å². The lowest BCUT2D eigenvalue weighted by atomic mass is 10.1. The molecule has 0 aromatic carbocycles. The molecule has 0 unspecified atom stereocenters.